The Morgan fingerprint density at radius 2 is 2.06 bits per heavy atom. The van der Waals surface area contributed by atoms with Crippen LogP contribution in [0.3, 0.4) is 0 Å². The summed E-state index contributed by atoms with van der Waals surface area (Å²) in [5, 5.41) is 11.1. The summed E-state index contributed by atoms with van der Waals surface area (Å²) in [7, 11) is 0. The van der Waals surface area contributed by atoms with Gasteiger partial charge in [0.1, 0.15) is 6.04 Å². The van der Waals surface area contributed by atoms with Gasteiger partial charge in [0.25, 0.3) is 0 Å². The van der Waals surface area contributed by atoms with Gasteiger partial charge in [-0.15, -0.1) is 6.58 Å². The SMILES string of the molecule is C=CCC(NC(=O)CCC(=O)OCC)C(=O)O. The van der Waals surface area contributed by atoms with Crippen molar-refractivity contribution in [2.24, 2.45) is 0 Å². The molecule has 0 aromatic rings. The Bertz CT molecular complexity index is 300. The Kier molecular flexibility index (Phi) is 7.41. The fraction of sp³-hybridized carbons (Fsp3) is 0.545. The number of aliphatic carboxylic acids is 1. The third-order valence-corrected chi connectivity index (χ3v) is 1.90. The number of rotatable bonds is 8. The number of carbonyl (C=O) groups excluding carboxylic acids is 2. The first-order valence-corrected chi connectivity index (χ1v) is 5.30. The summed E-state index contributed by atoms with van der Waals surface area (Å²) in [6.45, 7) is 5.33. The van der Waals surface area contributed by atoms with Crippen molar-refractivity contribution in [3.63, 3.8) is 0 Å². The van der Waals surface area contributed by atoms with Gasteiger partial charge in [0, 0.05) is 6.42 Å². The summed E-state index contributed by atoms with van der Waals surface area (Å²) in [5.74, 6) is -2.10. The Balaban J connectivity index is 4.02. The van der Waals surface area contributed by atoms with Crippen molar-refractivity contribution in [2.45, 2.75) is 32.2 Å². The van der Waals surface area contributed by atoms with Crippen LogP contribution in [0.15, 0.2) is 12.7 Å². The van der Waals surface area contributed by atoms with Gasteiger partial charge in [-0.2, -0.15) is 0 Å². The van der Waals surface area contributed by atoms with Crippen molar-refractivity contribution in [3.05, 3.63) is 12.7 Å². The van der Waals surface area contributed by atoms with Crippen molar-refractivity contribution in [1.82, 2.24) is 5.32 Å². The Hall–Kier alpha value is -1.85. The zero-order valence-electron chi connectivity index (χ0n) is 9.77. The van der Waals surface area contributed by atoms with E-state index in [0.717, 1.165) is 0 Å². The molecule has 0 aliphatic carbocycles. The lowest BCUT2D eigenvalue weighted by Crippen LogP contribution is -2.40. The summed E-state index contributed by atoms with van der Waals surface area (Å²) in [6.07, 6.45) is 1.41. The van der Waals surface area contributed by atoms with E-state index in [1.807, 2.05) is 0 Å². The smallest absolute Gasteiger partial charge is 0.326 e. The van der Waals surface area contributed by atoms with E-state index < -0.39 is 23.9 Å². The second kappa shape index (κ2) is 8.32. The van der Waals surface area contributed by atoms with Crippen LogP contribution in [-0.2, 0) is 19.1 Å². The van der Waals surface area contributed by atoms with Crippen LogP contribution in [0.25, 0.3) is 0 Å². The molecule has 0 saturated heterocycles. The van der Waals surface area contributed by atoms with E-state index in [0.29, 0.717) is 0 Å². The number of nitrogens with one attached hydrogen (secondary N) is 1. The van der Waals surface area contributed by atoms with Crippen molar-refractivity contribution >= 4 is 17.8 Å². The summed E-state index contributed by atoms with van der Waals surface area (Å²) >= 11 is 0. The number of hydrogen-bond acceptors (Lipinski definition) is 4. The number of amides is 1. The Morgan fingerprint density at radius 3 is 2.53 bits per heavy atom. The van der Waals surface area contributed by atoms with Crippen molar-refractivity contribution < 1.29 is 24.2 Å². The van der Waals surface area contributed by atoms with E-state index in [-0.39, 0.29) is 25.9 Å². The van der Waals surface area contributed by atoms with Crippen LogP contribution in [0, 0.1) is 0 Å². The first-order chi connectivity index (χ1) is 8.01. The molecular formula is C11H17NO5. The standard InChI is InChI=1S/C11H17NO5/c1-3-5-8(11(15)16)12-9(13)6-7-10(14)17-4-2/h3,8H,1,4-7H2,2H3,(H,12,13)(H,15,16). The summed E-state index contributed by atoms with van der Waals surface area (Å²) in [5.41, 5.74) is 0. The molecule has 0 saturated carbocycles. The zero-order valence-corrected chi connectivity index (χ0v) is 9.77. The number of ether oxygens (including phenoxy) is 1. The van der Waals surface area contributed by atoms with Gasteiger partial charge in [-0.3, -0.25) is 9.59 Å². The fourth-order valence-corrected chi connectivity index (χ4v) is 1.10. The van der Waals surface area contributed by atoms with Crippen molar-refractivity contribution in [3.8, 4) is 0 Å². The topological polar surface area (TPSA) is 92.7 Å². The maximum atomic E-state index is 11.3. The lowest BCUT2D eigenvalue weighted by molar-refractivity contribution is -0.144. The van der Waals surface area contributed by atoms with E-state index in [1.54, 1.807) is 6.92 Å². The second-order valence-corrected chi connectivity index (χ2v) is 3.29. The van der Waals surface area contributed by atoms with Gasteiger partial charge in [0.05, 0.1) is 13.0 Å². The van der Waals surface area contributed by atoms with E-state index in [2.05, 4.69) is 16.6 Å². The van der Waals surface area contributed by atoms with Gasteiger partial charge >= 0.3 is 11.9 Å². The molecule has 1 unspecified atom stereocenters. The van der Waals surface area contributed by atoms with Crippen LogP contribution in [-0.4, -0.2) is 35.6 Å². The number of carbonyl (C=O) groups is 3. The quantitative estimate of drug-likeness (QED) is 0.477. The van der Waals surface area contributed by atoms with Crippen molar-refractivity contribution in [2.75, 3.05) is 6.61 Å². The van der Waals surface area contributed by atoms with Gasteiger partial charge in [0.2, 0.25) is 5.91 Å². The first-order valence-electron chi connectivity index (χ1n) is 5.30. The number of carboxylic acid groups (broad SMARTS) is 1. The monoisotopic (exact) mass is 243 g/mol. The fourth-order valence-electron chi connectivity index (χ4n) is 1.10. The van der Waals surface area contributed by atoms with Gasteiger partial charge < -0.3 is 15.2 Å². The maximum absolute atomic E-state index is 11.3. The highest BCUT2D eigenvalue weighted by molar-refractivity contribution is 5.85. The van der Waals surface area contributed by atoms with Gasteiger partial charge in [-0.05, 0) is 13.3 Å². The third-order valence-electron chi connectivity index (χ3n) is 1.90. The third kappa shape index (κ3) is 7.10. The molecule has 0 aromatic heterocycles. The summed E-state index contributed by atoms with van der Waals surface area (Å²) < 4.78 is 4.64. The molecule has 6 heteroatoms. The number of esters is 1. The minimum atomic E-state index is -1.13. The Labute approximate surface area is 99.6 Å². The van der Waals surface area contributed by atoms with E-state index in [1.165, 1.54) is 6.08 Å². The molecule has 1 atom stereocenters. The molecule has 0 bridgehead atoms. The second-order valence-electron chi connectivity index (χ2n) is 3.29. The number of carboxylic acids is 1. The lowest BCUT2D eigenvalue weighted by Gasteiger charge is -2.12. The molecule has 17 heavy (non-hydrogen) atoms. The first kappa shape index (κ1) is 15.2. The van der Waals surface area contributed by atoms with Gasteiger partial charge in [-0.25, -0.2) is 4.79 Å². The average Bonchev–Trinajstić information content (AvgIpc) is 2.26. The maximum Gasteiger partial charge on any atom is 0.326 e. The molecule has 6 nitrogen and oxygen atoms in total. The van der Waals surface area contributed by atoms with Crippen LogP contribution < -0.4 is 5.32 Å². The molecule has 0 spiro atoms. The van der Waals surface area contributed by atoms with E-state index in [4.69, 9.17) is 5.11 Å². The van der Waals surface area contributed by atoms with Crippen LogP contribution in [0.5, 0.6) is 0 Å². The molecule has 0 radical (unpaired) electrons. The van der Waals surface area contributed by atoms with Gasteiger partial charge in [0.15, 0.2) is 0 Å². The minimum Gasteiger partial charge on any atom is -0.480 e. The zero-order chi connectivity index (χ0) is 13.3. The molecule has 0 aliphatic rings. The van der Waals surface area contributed by atoms with Crippen molar-refractivity contribution in [1.29, 1.82) is 0 Å². The number of hydrogen-bond donors (Lipinski definition) is 2. The van der Waals surface area contributed by atoms with Crippen LogP contribution >= 0.6 is 0 Å². The van der Waals surface area contributed by atoms with Crippen LogP contribution in [0.2, 0.25) is 0 Å². The highest BCUT2D eigenvalue weighted by Crippen LogP contribution is 1.97. The predicted molar refractivity (Wildman–Crippen MR) is 60.2 cm³/mol. The molecule has 1 amide bonds. The molecule has 0 aromatic carbocycles. The van der Waals surface area contributed by atoms with E-state index >= 15 is 0 Å². The average molecular weight is 243 g/mol. The summed E-state index contributed by atoms with van der Waals surface area (Å²) in [4.78, 5) is 33.0. The molecule has 2 N–H and O–H groups in total. The normalized spacial score (nSPS) is 11.4. The molecule has 0 rings (SSSR count). The molecule has 96 valence electrons. The highest BCUT2D eigenvalue weighted by atomic mass is 16.5. The Morgan fingerprint density at radius 1 is 1.41 bits per heavy atom. The largest absolute Gasteiger partial charge is 0.480 e. The molecule has 0 fully saturated rings. The molecule has 0 heterocycles. The minimum absolute atomic E-state index is 0.0555. The molecular weight excluding hydrogens is 226 g/mol. The van der Waals surface area contributed by atoms with Crippen LogP contribution in [0.4, 0.5) is 0 Å². The highest BCUT2D eigenvalue weighted by Gasteiger charge is 2.18. The lowest BCUT2D eigenvalue weighted by atomic mass is 10.2. The summed E-state index contributed by atoms with van der Waals surface area (Å²) in [6, 6.07) is -0.998. The predicted octanol–water partition coefficient (Wildman–Crippen LogP) is 0.475. The van der Waals surface area contributed by atoms with Gasteiger partial charge in [-0.1, -0.05) is 6.08 Å². The molecule has 0 aliphatic heterocycles. The van der Waals surface area contributed by atoms with Crippen LogP contribution in [0.1, 0.15) is 26.2 Å². The van der Waals surface area contributed by atoms with E-state index in [9.17, 15) is 14.4 Å².